The van der Waals surface area contributed by atoms with Gasteiger partial charge < -0.3 is 15.0 Å². The summed E-state index contributed by atoms with van der Waals surface area (Å²) in [6.07, 6.45) is 0.979. The Bertz CT molecular complexity index is 823. The van der Waals surface area contributed by atoms with Crippen LogP contribution in [0.2, 0.25) is 5.02 Å². The number of carbonyl (C=O) groups is 2. The molecule has 0 heterocycles. The van der Waals surface area contributed by atoms with Crippen molar-refractivity contribution in [3.63, 3.8) is 0 Å². The zero-order valence-electron chi connectivity index (χ0n) is 16.6. The predicted octanol–water partition coefficient (Wildman–Crippen LogP) is 4.81. The number of halogens is 1. The summed E-state index contributed by atoms with van der Waals surface area (Å²) in [5.41, 5.74) is 2.69. The van der Waals surface area contributed by atoms with Gasteiger partial charge in [0.15, 0.2) is 0 Å². The van der Waals surface area contributed by atoms with Crippen molar-refractivity contribution in [2.24, 2.45) is 0 Å². The lowest BCUT2D eigenvalue weighted by atomic mass is 10.1. The lowest BCUT2D eigenvalue weighted by Crippen LogP contribution is -2.27. The first kappa shape index (κ1) is 21.8. The average molecular weight is 403 g/mol. The molecule has 2 aromatic rings. The third-order valence-corrected chi connectivity index (χ3v) is 4.59. The molecule has 6 heteroatoms. The molecule has 5 nitrogen and oxygen atoms in total. The molecule has 0 radical (unpaired) electrons. The van der Waals surface area contributed by atoms with Crippen molar-refractivity contribution in [2.75, 3.05) is 18.5 Å². The normalized spacial score (nSPS) is 10.4. The van der Waals surface area contributed by atoms with E-state index in [0.717, 1.165) is 22.6 Å². The van der Waals surface area contributed by atoms with Gasteiger partial charge in [0.2, 0.25) is 11.8 Å². The van der Waals surface area contributed by atoms with E-state index in [1.807, 2.05) is 50.2 Å². The van der Waals surface area contributed by atoms with Crippen LogP contribution in [0.15, 0.2) is 42.5 Å². The highest BCUT2D eigenvalue weighted by Crippen LogP contribution is 2.22. The topological polar surface area (TPSA) is 58.6 Å². The Kier molecular flexibility index (Phi) is 8.33. The Morgan fingerprint density at radius 3 is 2.64 bits per heavy atom. The second kappa shape index (κ2) is 10.7. The Morgan fingerprint density at radius 2 is 1.96 bits per heavy atom. The van der Waals surface area contributed by atoms with E-state index in [0.29, 0.717) is 37.6 Å². The van der Waals surface area contributed by atoms with E-state index in [1.165, 1.54) is 0 Å². The summed E-state index contributed by atoms with van der Waals surface area (Å²) in [7, 11) is 0. The van der Waals surface area contributed by atoms with Gasteiger partial charge in [0, 0.05) is 37.1 Å². The number of hydrogen-bond donors (Lipinski definition) is 1. The van der Waals surface area contributed by atoms with Crippen molar-refractivity contribution < 1.29 is 14.3 Å². The van der Waals surface area contributed by atoms with Crippen LogP contribution in [0.25, 0.3) is 0 Å². The Morgan fingerprint density at radius 1 is 1.18 bits per heavy atom. The number of nitrogens with one attached hydrogen (secondary N) is 1. The summed E-state index contributed by atoms with van der Waals surface area (Å²) in [5, 5.41) is 3.58. The first-order chi connectivity index (χ1) is 13.4. The zero-order valence-corrected chi connectivity index (χ0v) is 17.4. The molecule has 0 atom stereocenters. The van der Waals surface area contributed by atoms with Gasteiger partial charge in [-0.3, -0.25) is 9.59 Å². The Balaban J connectivity index is 1.79. The average Bonchev–Trinajstić information content (AvgIpc) is 2.64. The lowest BCUT2D eigenvalue weighted by molar-refractivity contribution is -0.129. The zero-order chi connectivity index (χ0) is 20.5. The van der Waals surface area contributed by atoms with Gasteiger partial charge in [0.05, 0.1) is 6.61 Å². The molecular formula is C22H27ClN2O3. The van der Waals surface area contributed by atoms with E-state index in [2.05, 4.69) is 5.32 Å². The van der Waals surface area contributed by atoms with Gasteiger partial charge in [-0.2, -0.15) is 0 Å². The number of amides is 2. The molecule has 0 unspecified atom stereocenters. The molecular weight excluding hydrogens is 376 g/mol. The van der Waals surface area contributed by atoms with Crippen LogP contribution in [0.4, 0.5) is 5.69 Å². The maximum Gasteiger partial charge on any atom is 0.224 e. The van der Waals surface area contributed by atoms with Crippen LogP contribution in [0, 0.1) is 6.92 Å². The molecule has 0 bridgehead atoms. The van der Waals surface area contributed by atoms with Crippen LogP contribution in [-0.4, -0.2) is 29.9 Å². The maximum absolute atomic E-state index is 12.2. The highest BCUT2D eigenvalue weighted by atomic mass is 35.5. The number of hydrogen-bond acceptors (Lipinski definition) is 3. The molecule has 28 heavy (non-hydrogen) atoms. The predicted molar refractivity (Wildman–Crippen MR) is 113 cm³/mol. The molecule has 0 aromatic heterocycles. The lowest BCUT2D eigenvalue weighted by Gasteiger charge is -2.19. The van der Waals surface area contributed by atoms with Crippen molar-refractivity contribution >= 4 is 29.1 Å². The van der Waals surface area contributed by atoms with Gasteiger partial charge in [0.1, 0.15) is 5.75 Å². The van der Waals surface area contributed by atoms with Gasteiger partial charge in [-0.15, -0.1) is 0 Å². The molecule has 0 spiro atoms. The molecule has 2 rings (SSSR count). The van der Waals surface area contributed by atoms with Gasteiger partial charge in [-0.05, 0) is 61.7 Å². The summed E-state index contributed by atoms with van der Waals surface area (Å²) >= 11 is 5.93. The molecule has 0 aliphatic heterocycles. The van der Waals surface area contributed by atoms with E-state index in [9.17, 15) is 9.59 Å². The summed E-state index contributed by atoms with van der Waals surface area (Å²) < 4.78 is 5.71. The summed E-state index contributed by atoms with van der Waals surface area (Å²) in [4.78, 5) is 25.5. The number of rotatable bonds is 9. The summed E-state index contributed by atoms with van der Waals surface area (Å²) in [6, 6.07) is 13.0. The standard InChI is InChI=1S/C22H27ClN2O3/c1-4-25(17(3)26)15-18-7-5-8-20(14-18)24-22(27)9-6-12-28-21-11-10-19(23)13-16(21)2/h5,7-8,10-11,13-14H,4,6,9,12,15H2,1-3H3,(H,24,27). The van der Waals surface area contributed by atoms with Gasteiger partial charge in [0.25, 0.3) is 0 Å². The molecule has 2 aromatic carbocycles. The summed E-state index contributed by atoms with van der Waals surface area (Å²) in [6.45, 7) is 7.08. The van der Waals surface area contributed by atoms with Crippen molar-refractivity contribution in [1.82, 2.24) is 4.90 Å². The van der Waals surface area contributed by atoms with E-state index in [-0.39, 0.29) is 11.8 Å². The van der Waals surface area contributed by atoms with Crippen LogP contribution in [0.3, 0.4) is 0 Å². The number of benzene rings is 2. The molecule has 1 N–H and O–H groups in total. The minimum absolute atomic E-state index is 0.0351. The largest absolute Gasteiger partial charge is 0.493 e. The minimum atomic E-state index is -0.0625. The first-order valence-electron chi connectivity index (χ1n) is 9.42. The molecule has 0 aliphatic rings. The third kappa shape index (κ3) is 6.89. The van der Waals surface area contributed by atoms with Crippen LogP contribution in [-0.2, 0) is 16.1 Å². The number of anilines is 1. The van der Waals surface area contributed by atoms with E-state index in [4.69, 9.17) is 16.3 Å². The number of aryl methyl sites for hydroxylation is 1. The van der Waals surface area contributed by atoms with Crippen LogP contribution in [0.1, 0.15) is 37.8 Å². The molecule has 0 saturated heterocycles. The smallest absolute Gasteiger partial charge is 0.224 e. The van der Waals surface area contributed by atoms with Crippen molar-refractivity contribution in [3.05, 3.63) is 58.6 Å². The molecule has 150 valence electrons. The fourth-order valence-corrected chi connectivity index (χ4v) is 3.05. The maximum atomic E-state index is 12.2. The number of ether oxygens (including phenoxy) is 1. The number of nitrogens with zero attached hydrogens (tertiary/aromatic N) is 1. The van der Waals surface area contributed by atoms with E-state index < -0.39 is 0 Å². The SMILES string of the molecule is CCN(Cc1cccc(NC(=O)CCCOc2ccc(Cl)cc2C)c1)C(C)=O. The number of carbonyl (C=O) groups excluding carboxylic acids is 2. The minimum Gasteiger partial charge on any atom is -0.493 e. The van der Waals surface area contributed by atoms with Gasteiger partial charge in [-0.25, -0.2) is 0 Å². The van der Waals surface area contributed by atoms with E-state index in [1.54, 1.807) is 17.9 Å². The first-order valence-corrected chi connectivity index (χ1v) is 9.80. The molecule has 0 aliphatic carbocycles. The second-order valence-corrected chi connectivity index (χ2v) is 7.08. The second-order valence-electron chi connectivity index (χ2n) is 6.64. The third-order valence-electron chi connectivity index (χ3n) is 4.35. The fraction of sp³-hybridized carbons (Fsp3) is 0.364. The quantitative estimate of drug-likeness (QED) is 0.612. The van der Waals surface area contributed by atoms with Gasteiger partial charge in [-0.1, -0.05) is 23.7 Å². The highest BCUT2D eigenvalue weighted by molar-refractivity contribution is 6.30. The Labute approximate surface area is 171 Å². The molecule has 0 fully saturated rings. The molecule has 0 saturated carbocycles. The van der Waals surface area contributed by atoms with Crippen LogP contribution in [0.5, 0.6) is 5.75 Å². The fourth-order valence-electron chi connectivity index (χ4n) is 2.83. The van der Waals surface area contributed by atoms with E-state index >= 15 is 0 Å². The summed E-state index contributed by atoms with van der Waals surface area (Å²) in [5.74, 6) is 0.754. The highest BCUT2D eigenvalue weighted by Gasteiger charge is 2.08. The monoisotopic (exact) mass is 402 g/mol. The van der Waals surface area contributed by atoms with Crippen molar-refractivity contribution in [1.29, 1.82) is 0 Å². The van der Waals surface area contributed by atoms with Crippen LogP contribution >= 0.6 is 11.6 Å². The van der Waals surface area contributed by atoms with Crippen LogP contribution < -0.4 is 10.1 Å². The van der Waals surface area contributed by atoms with Crippen molar-refractivity contribution in [2.45, 2.75) is 40.2 Å². The van der Waals surface area contributed by atoms with Crippen molar-refractivity contribution in [3.8, 4) is 5.75 Å². The van der Waals surface area contributed by atoms with Gasteiger partial charge >= 0.3 is 0 Å². The Hall–Kier alpha value is -2.53. The molecule has 2 amide bonds.